The molecule has 3 nitrogen and oxygen atoms in total. The highest BCUT2D eigenvalue weighted by molar-refractivity contribution is 7.15. The lowest BCUT2D eigenvalue weighted by atomic mass is 9.98. The topological polar surface area (TPSA) is 48.1 Å². The van der Waals surface area contributed by atoms with Crippen molar-refractivity contribution in [1.29, 1.82) is 0 Å². The van der Waals surface area contributed by atoms with E-state index in [1.165, 1.54) is 16.1 Å². The first-order valence-electron chi connectivity index (χ1n) is 5.67. The van der Waals surface area contributed by atoms with E-state index in [1.807, 2.05) is 12.1 Å². The summed E-state index contributed by atoms with van der Waals surface area (Å²) >= 11 is 1.62. The molecule has 1 aliphatic carbocycles. The van der Waals surface area contributed by atoms with Gasteiger partial charge in [-0.05, 0) is 30.5 Å². The zero-order valence-electron chi connectivity index (χ0n) is 9.64. The third kappa shape index (κ3) is 1.78. The lowest BCUT2D eigenvalue weighted by molar-refractivity contribution is 0.414. The second-order valence-electron chi connectivity index (χ2n) is 4.23. The SMILES string of the molecule is COc1cccc(C2CCc3nc(N)sc32)c1. The molecule has 0 amide bonds. The predicted octanol–water partition coefficient (Wildman–Crippen LogP) is 2.81. The Bertz CT molecular complexity index is 550. The van der Waals surface area contributed by atoms with Crippen LogP contribution in [0.3, 0.4) is 0 Å². The van der Waals surface area contributed by atoms with Crippen LogP contribution in [0.4, 0.5) is 5.13 Å². The lowest BCUT2D eigenvalue weighted by Gasteiger charge is -2.11. The zero-order chi connectivity index (χ0) is 11.8. The van der Waals surface area contributed by atoms with Crippen LogP contribution in [0.2, 0.25) is 0 Å². The fourth-order valence-electron chi connectivity index (χ4n) is 2.42. The second-order valence-corrected chi connectivity index (χ2v) is 5.29. The zero-order valence-corrected chi connectivity index (χ0v) is 10.5. The monoisotopic (exact) mass is 246 g/mol. The number of hydrogen-bond donors (Lipinski definition) is 1. The molecule has 1 unspecified atom stereocenters. The van der Waals surface area contributed by atoms with Gasteiger partial charge in [0.05, 0.1) is 12.8 Å². The molecule has 1 aromatic heterocycles. The number of nitrogens with zero attached hydrogens (tertiary/aromatic N) is 1. The van der Waals surface area contributed by atoms with Crippen LogP contribution in [0.1, 0.15) is 28.5 Å². The second kappa shape index (κ2) is 4.04. The minimum absolute atomic E-state index is 0.440. The summed E-state index contributed by atoms with van der Waals surface area (Å²) in [7, 11) is 1.70. The van der Waals surface area contributed by atoms with Crippen molar-refractivity contribution in [2.24, 2.45) is 0 Å². The van der Waals surface area contributed by atoms with E-state index in [0.717, 1.165) is 18.6 Å². The van der Waals surface area contributed by atoms with Gasteiger partial charge < -0.3 is 10.5 Å². The molecule has 0 fully saturated rings. The van der Waals surface area contributed by atoms with Crippen molar-refractivity contribution in [1.82, 2.24) is 4.98 Å². The van der Waals surface area contributed by atoms with Gasteiger partial charge in [-0.1, -0.05) is 12.1 Å². The summed E-state index contributed by atoms with van der Waals surface area (Å²) in [6, 6.07) is 8.27. The molecule has 17 heavy (non-hydrogen) atoms. The van der Waals surface area contributed by atoms with Gasteiger partial charge in [-0.15, -0.1) is 11.3 Å². The number of nitrogens with two attached hydrogens (primary N) is 1. The van der Waals surface area contributed by atoms with E-state index < -0.39 is 0 Å². The van der Waals surface area contributed by atoms with E-state index in [4.69, 9.17) is 10.5 Å². The summed E-state index contributed by atoms with van der Waals surface area (Å²) in [6.07, 6.45) is 2.16. The first-order valence-corrected chi connectivity index (χ1v) is 6.48. The highest BCUT2D eigenvalue weighted by Crippen LogP contribution is 2.42. The van der Waals surface area contributed by atoms with Gasteiger partial charge in [-0.3, -0.25) is 0 Å². The molecule has 0 radical (unpaired) electrons. The molecule has 88 valence electrons. The highest BCUT2D eigenvalue weighted by atomic mass is 32.1. The van der Waals surface area contributed by atoms with Crippen molar-refractivity contribution >= 4 is 16.5 Å². The Morgan fingerprint density at radius 1 is 1.47 bits per heavy atom. The van der Waals surface area contributed by atoms with Crippen molar-refractivity contribution in [3.63, 3.8) is 0 Å². The van der Waals surface area contributed by atoms with Crippen molar-refractivity contribution in [2.75, 3.05) is 12.8 Å². The van der Waals surface area contributed by atoms with Crippen LogP contribution in [0.5, 0.6) is 5.75 Å². The Morgan fingerprint density at radius 2 is 2.35 bits per heavy atom. The van der Waals surface area contributed by atoms with Gasteiger partial charge in [0.15, 0.2) is 5.13 Å². The summed E-state index contributed by atoms with van der Waals surface area (Å²) in [5, 5.41) is 0.683. The molecule has 0 saturated heterocycles. The maximum absolute atomic E-state index is 5.77. The predicted molar refractivity (Wildman–Crippen MR) is 69.7 cm³/mol. The fraction of sp³-hybridized carbons (Fsp3) is 0.308. The van der Waals surface area contributed by atoms with Gasteiger partial charge in [-0.25, -0.2) is 4.98 Å². The van der Waals surface area contributed by atoms with E-state index in [1.54, 1.807) is 18.4 Å². The van der Waals surface area contributed by atoms with E-state index in [0.29, 0.717) is 11.0 Å². The van der Waals surface area contributed by atoms with Crippen LogP contribution < -0.4 is 10.5 Å². The van der Waals surface area contributed by atoms with Crippen LogP contribution in [0, 0.1) is 0 Å². The van der Waals surface area contributed by atoms with Gasteiger partial charge in [-0.2, -0.15) is 0 Å². The molecule has 2 N–H and O–H groups in total. The minimum atomic E-state index is 0.440. The molecule has 1 aromatic carbocycles. The smallest absolute Gasteiger partial charge is 0.180 e. The first-order chi connectivity index (χ1) is 8.28. The molecule has 3 rings (SSSR count). The van der Waals surface area contributed by atoms with Crippen LogP contribution in [-0.2, 0) is 6.42 Å². The Hall–Kier alpha value is -1.55. The number of nitrogen functional groups attached to an aromatic ring is 1. The quantitative estimate of drug-likeness (QED) is 0.886. The van der Waals surface area contributed by atoms with Gasteiger partial charge >= 0.3 is 0 Å². The van der Waals surface area contributed by atoms with E-state index in [2.05, 4.69) is 17.1 Å². The van der Waals surface area contributed by atoms with Crippen LogP contribution >= 0.6 is 11.3 Å². The highest BCUT2D eigenvalue weighted by Gasteiger charge is 2.27. The molecule has 0 bridgehead atoms. The number of aromatic nitrogens is 1. The third-order valence-corrected chi connectivity index (χ3v) is 4.27. The molecule has 0 aliphatic heterocycles. The Morgan fingerprint density at radius 3 is 3.18 bits per heavy atom. The number of hydrogen-bond acceptors (Lipinski definition) is 4. The van der Waals surface area contributed by atoms with Crippen LogP contribution in [0.25, 0.3) is 0 Å². The first kappa shape index (κ1) is 10.6. The number of methoxy groups -OCH3 is 1. The average Bonchev–Trinajstić information content (AvgIpc) is 2.87. The Kier molecular flexibility index (Phi) is 2.52. The maximum Gasteiger partial charge on any atom is 0.180 e. The molecular weight excluding hydrogens is 232 g/mol. The largest absolute Gasteiger partial charge is 0.497 e. The molecule has 1 aliphatic rings. The molecular formula is C13H14N2OS. The van der Waals surface area contributed by atoms with E-state index in [-0.39, 0.29) is 0 Å². The molecule has 1 atom stereocenters. The normalized spacial score (nSPS) is 18.1. The standard InChI is InChI=1S/C13H14N2OS/c1-16-9-4-2-3-8(7-9)10-5-6-11-12(10)17-13(14)15-11/h2-4,7,10H,5-6H2,1H3,(H2,14,15). The van der Waals surface area contributed by atoms with Crippen molar-refractivity contribution in [3.05, 3.63) is 40.4 Å². The van der Waals surface area contributed by atoms with Gasteiger partial charge in [0, 0.05) is 10.8 Å². The number of aryl methyl sites for hydroxylation is 1. The minimum Gasteiger partial charge on any atom is -0.497 e. The van der Waals surface area contributed by atoms with Gasteiger partial charge in [0.2, 0.25) is 0 Å². The lowest BCUT2D eigenvalue weighted by Crippen LogP contribution is -1.95. The number of benzene rings is 1. The molecule has 4 heteroatoms. The number of ether oxygens (including phenoxy) is 1. The maximum atomic E-state index is 5.77. The molecule has 0 saturated carbocycles. The van der Waals surface area contributed by atoms with E-state index in [9.17, 15) is 0 Å². The van der Waals surface area contributed by atoms with Crippen LogP contribution in [0.15, 0.2) is 24.3 Å². The molecule has 2 aromatic rings. The molecule has 1 heterocycles. The summed E-state index contributed by atoms with van der Waals surface area (Å²) in [6.45, 7) is 0. The van der Waals surface area contributed by atoms with Gasteiger partial charge in [0.25, 0.3) is 0 Å². The summed E-state index contributed by atoms with van der Waals surface area (Å²) in [5.74, 6) is 1.35. The summed E-state index contributed by atoms with van der Waals surface area (Å²) in [4.78, 5) is 5.70. The number of fused-ring (bicyclic) bond motifs is 1. The number of rotatable bonds is 2. The average molecular weight is 246 g/mol. The van der Waals surface area contributed by atoms with Crippen molar-refractivity contribution in [3.8, 4) is 5.75 Å². The summed E-state index contributed by atoms with van der Waals surface area (Å²) in [5.41, 5.74) is 8.25. The van der Waals surface area contributed by atoms with Gasteiger partial charge in [0.1, 0.15) is 5.75 Å². The summed E-state index contributed by atoms with van der Waals surface area (Å²) < 4.78 is 5.27. The Labute approximate surface area is 104 Å². The van der Waals surface area contributed by atoms with Crippen molar-refractivity contribution in [2.45, 2.75) is 18.8 Å². The number of thiazole rings is 1. The fourth-order valence-corrected chi connectivity index (χ4v) is 3.47. The third-order valence-electron chi connectivity index (χ3n) is 3.23. The van der Waals surface area contributed by atoms with E-state index >= 15 is 0 Å². The number of anilines is 1. The molecule has 0 spiro atoms. The Balaban J connectivity index is 2.00. The van der Waals surface area contributed by atoms with Crippen LogP contribution in [-0.4, -0.2) is 12.1 Å². The van der Waals surface area contributed by atoms with Crippen molar-refractivity contribution < 1.29 is 4.74 Å².